The number of ether oxygens (including phenoxy) is 1. The summed E-state index contributed by atoms with van der Waals surface area (Å²) in [6.07, 6.45) is -0.889. The summed E-state index contributed by atoms with van der Waals surface area (Å²) in [5.74, 6) is -0.763. The van der Waals surface area contributed by atoms with Gasteiger partial charge in [-0.2, -0.15) is 0 Å². The van der Waals surface area contributed by atoms with Crippen molar-refractivity contribution in [3.8, 4) is 5.75 Å². The van der Waals surface area contributed by atoms with Crippen LogP contribution in [0.5, 0.6) is 5.75 Å². The topological polar surface area (TPSA) is 123 Å². The van der Waals surface area contributed by atoms with Crippen molar-refractivity contribution in [2.45, 2.75) is 13.0 Å². The van der Waals surface area contributed by atoms with E-state index in [1.54, 1.807) is 20.0 Å². The van der Waals surface area contributed by atoms with Crippen molar-refractivity contribution in [1.82, 2.24) is 10.9 Å². The van der Waals surface area contributed by atoms with Gasteiger partial charge in [-0.3, -0.25) is 30.6 Å². The minimum absolute atomic E-state index is 0.0232. The number of carbonyl (C=O) groups excluding carboxylic acids is 2. The number of benzene rings is 3. The van der Waals surface area contributed by atoms with Gasteiger partial charge in [0.15, 0.2) is 6.10 Å². The van der Waals surface area contributed by atoms with Crippen molar-refractivity contribution in [2.24, 2.45) is 0 Å². The lowest BCUT2D eigenvalue weighted by molar-refractivity contribution is -0.384. The van der Waals surface area contributed by atoms with Crippen LogP contribution < -0.4 is 20.9 Å². The number of hydrogen-bond acceptors (Lipinski definition) is 6. The third-order valence-electron chi connectivity index (χ3n) is 4.43. The Bertz CT molecular complexity index is 1120. The lowest BCUT2D eigenvalue weighted by Crippen LogP contribution is -2.47. The number of nitro groups is 1. The van der Waals surface area contributed by atoms with Gasteiger partial charge in [0.05, 0.1) is 10.5 Å². The number of nitrogens with zero attached hydrogens (tertiary/aromatic N) is 1. The predicted molar refractivity (Wildman–Crippen MR) is 112 cm³/mol. The number of amides is 2. The molecule has 0 aromatic heterocycles. The van der Waals surface area contributed by atoms with E-state index in [2.05, 4.69) is 16.2 Å². The molecule has 1 unspecified atom stereocenters. The van der Waals surface area contributed by atoms with Crippen LogP contribution in [-0.4, -0.2) is 29.9 Å². The van der Waals surface area contributed by atoms with Crippen LogP contribution in [0.1, 0.15) is 17.3 Å². The number of hydrazine groups is 1. The van der Waals surface area contributed by atoms with E-state index < -0.39 is 22.8 Å². The number of nitrogens with one attached hydrogen (secondary N) is 3. The first-order chi connectivity index (χ1) is 14.4. The second kappa shape index (κ2) is 8.91. The molecule has 0 spiro atoms. The SMILES string of the molecule is CNc1ccc([N+](=O)[O-])cc1C(=O)NNC(=O)C(C)Oc1ccc2ccccc2c1. The smallest absolute Gasteiger partial charge is 0.279 e. The standard InChI is InChI=1S/C21H20N4O5/c1-13(30-17-9-7-14-5-3-4-6-15(14)11-17)20(26)23-24-21(27)18-12-16(25(28)29)8-10-19(18)22-2/h3-13,22H,1-2H3,(H,23,26)(H,24,27). The van der Waals surface area contributed by atoms with Crippen LogP contribution >= 0.6 is 0 Å². The van der Waals surface area contributed by atoms with E-state index in [1.807, 2.05) is 36.4 Å². The summed E-state index contributed by atoms with van der Waals surface area (Å²) >= 11 is 0. The highest BCUT2D eigenvalue weighted by atomic mass is 16.6. The number of rotatable bonds is 6. The molecule has 0 saturated heterocycles. The Morgan fingerprint density at radius 2 is 1.73 bits per heavy atom. The number of carbonyl (C=O) groups is 2. The summed E-state index contributed by atoms with van der Waals surface area (Å²) in [5.41, 5.74) is 4.70. The number of fused-ring (bicyclic) bond motifs is 1. The minimum Gasteiger partial charge on any atom is -0.481 e. The molecule has 3 N–H and O–H groups in total. The fourth-order valence-electron chi connectivity index (χ4n) is 2.84. The third kappa shape index (κ3) is 4.64. The molecule has 0 aliphatic rings. The van der Waals surface area contributed by atoms with E-state index in [4.69, 9.17) is 4.74 Å². The molecule has 0 heterocycles. The summed E-state index contributed by atoms with van der Waals surface area (Å²) in [6, 6.07) is 17.0. The molecule has 3 rings (SSSR count). The van der Waals surface area contributed by atoms with E-state index in [-0.39, 0.29) is 11.3 Å². The Morgan fingerprint density at radius 3 is 2.43 bits per heavy atom. The normalized spacial score (nSPS) is 11.4. The van der Waals surface area contributed by atoms with E-state index in [1.165, 1.54) is 12.1 Å². The molecule has 3 aromatic carbocycles. The van der Waals surface area contributed by atoms with Gasteiger partial charge in [-0.05, 0) is 35.9 Å². The Hall–Kier alpha value is -4.14. The minimum atomic E-state index is -0.889. The molecule has 1 atom stereocenters. The van der Waals surface area contributed by atoms with Crippen molar-refractivity contribution in [1.29, 1.82) is 0 Å². The van der Waals surface area contributed by atoms with Crippen LogP contribution in [0.3, 0.4) is 0 Å². The predicted octanol–water partition coefficient (Wildman–Crippen LogP) is 3.02. The Balaban J connectivity index is 1.63. The van der Waals surface area contributed by atoms with Crippen LogP contribution in [0.25, 0.3) is 10.8 Å². The Kier molecular flexibility index (Phi) is 6.11. The van der Waals surface area contributed by atoms with E-state index in [9.17, 15) is 19.7 Å². The molecule has 0 bridgehead atoms. The zero-order chi connectivity index (χ0) is 21.7. The molecule has 2 amide bonds. The fourth-order valence-corrected chi connectivity index (χ4v) is 2.84. The van der Waals surface area contributed by atoms with Crippen LogP contribution in [0.4, 0.5) is 11.4 Å². The molecule has 9 nitrogen and oxygen atoms in total. The van der Waals surface area contributed by atoms with Crippen LogP contribution in [0.2, 0.25) is 0 Å². The average molecular weight is 408 g/mol. The summed E-state index contributed by atoms with van der Waals surface area (Å²) in [6.45, 7) is 1.54. The van der Waals surface area contributed by atoms with Gasteiger partial charge < -0.3 is 10.1 Å². The fraction of sp³-hybridized carbons (Fsp3) is 0.143. The maximum Gasteiger partial charge on any atom is 0.279 e. The molecule has 9 heteroatoms. The molecule has 0 aliphatic carbocycles. The Morgan fingerprint density at radius 1 is 1.00 bits per heavy atom. The van der Waals surface area contributed by atoms with Crippen LogP contribution in [0.15, 0.2) is 60.7 Å². The van der Waals surface area contributed by atoms with Gasteiger partial charge in [-0.15, -0.1) is 0 Å². The number of nitro benzene ring substituents is 1. The monoisotopic (exact) mass is 408 g/mol. The highest BCUT2D eigenvalue weighted by Gasteiger charge is 2.19. The summed E-state index contributed by atoms with van der Waals surface area (Å²) < 4.78 is 5.65. The van der Waals surface area contributed by atoms with Gasteiger partial charge >= 0.3 is 0 Å². The number of hydrogen-bond donors (Lipinski definition) is 3. The van der Waals surface area contributed by atoms with Crippen molar-refractivity contribution in [3.63, 3.8) is 0 Å². The Labute approximate surface area is 172 Å². The number of anilines is 1. The lowest BCUT2D eigenvalue weighted by Gasteiger charge is -2.16. The average Bonchev–Trinajstić information content (AvgIpc) is 2.76. The molecule has 154 valence electrons. The van der Waals surface area contributed by atoms with E-state index >= 15 is 0 Å². The first-order valence-electron chi connectivity index (χ1n) is 9.11. The second-order valence-corrected chi connectivity index (χ2v) is 6.45. The number of non-ortho nitro benzene ring substituents is 1. The summed E-state index contributed by atoms with van der Waals surface area (Å²) in [7, 11) is 1.58. The quantitative estimate of drug-likeness (QED) is 0.426. The van der Waals surface area contributed by atoms with E-state index in [0.29, 0.717) is 11.4 Å². The van der Waals surface area contributed by atoms with Gasteiger partial charge in [0.1, 0.15) is 5.75 Å². The zero-order valence-electron chi connectivity index (χ0n) is 16.3. The molecular formula is C21H20N4O5. The van der Waals surface area contributed by atoms with Gasteiger partial charge in [0.25, 0.3) is 17.5 Å². The van der Waals surface area contributed by atoms with Crippen molar-refractivity contribution < 1.29 is 19.2 Å². The largest absolute Gasteiger partial charge is 0.481 e. The van der Waals surface area contributed by atoms with Crippen molar-refractivity contribution in [3.05, 3.63) is 76.3 Å². The zero-order valence-corrected chi connectivity index (χ0v) is 16.3. The highest BCUT2D eigenvalue weighted by Crippen LogP contribution is 2.22. The molecule has 30 heavy (non-hydrogen) atoms. The van der Waals surface area contributed by atoms with Gasteiger partial charge in [0, 0.05) is 24.9 Å². The molecular weight excluding hydrogens is 388 g/mol. The molecule has 0 saturated carbocycles. The third-order valence-corrected chi connectivity index (χ3v) is 4.43. The van der Waals surface area contributed by atoms with Gasteiger partial charge in [-0.1, -0.05) is 30.3 Å². The first-order valence-corrected chi connectivity index (χ1v) is 9.11. The van der Waals surface area contributed by atoms with Crippen LogP contribution in [-0.2, 0) is 4.79 Å². The summed E-state index contributed by atoms with van der Waals surface area (Å²) in [4.78, 5) is 35.1. The van der Waals surface area contributed by atoms with Crippen molar-refractivity contribution in [2.75, 3.05) is 12.4 Å². The van der Waals surface area contributed by atoms with Crippen LogP contribution in [0, 0.1) is 10.1 Å². The molecule has 3 aromatic rings. The molecule has 0 radical (unpaired) electrons. The summed E-state index contributed by atoms with van der Waals surface area (Å²) in [5, 5.41) is 15.8. The van der Waals surface area contributed by atoms with E-state index in [0.717, 1.165) is 16.8 Å². The van der Waals surface area contributed by atoms with Gasteiger partial charge in [-0.25, -0.2) is 0 Å². The molecule has 0 aliphatic heterocycles. The second-order valence-electron chi connectivity index (χ2n) is 6.45. The van der Waals surface area contributed by atoms with Crippen molar-refractivity contribution >= 4 is 34.0 Å². The first kappa shape index (κ1) is 20.6. The highest BCUT2D eigenvalue weighted by molar-refractivity contribution is 6.01. The maximum atomic E-state index is 12.4. The van der Waals surface area contributed by atoms with Gasteiger partial charge in [0.2, 0.25) is 0 Å². The molecule has 0 fully saturated rings. The maximum absolute atomic E-state index is 12.4. The lowest BCUT2D eigenvalue weighted by atomic mass is 10.1.